The summed E-state index contributed by atoms with van der Waals surface area (Å²) < 4.78 is 4.83. The summed E-state index contributed by atoms with van der Waals surface area (Å²) in [4.78, 5) is 11.2. The minimum Gasteiger partial charge on any atom is -0.464 e. The van der Waals surface area contributed by atoms with Crippen LogP contribution in [0.1, 0.15) is 6.42 Å². The van der Waals surface area contributed by atoms with Crippen molar-refractivity contribution in [3.05, 3.63) is 29.3 Å². The summed E-state index contributed by atoms with van der Waals surface area (Å²) in [6, 6.07) is 7.09. The van der Waals surface area contributed by atoms with Gasteiger partial charge in [-0.3, -0.25) is 0 Å². The van der Waals surface area contributed by atoms with E-state index in [2.05, 4.69) is 5.32 Å². The lowest BCUT2D eigenvalue weighted by molar-refractivity contribution is -0.138. The maximum absolute atomic E-state index is 11.2. The van der Waals surface area contributed by atoms with Gasteiger partial charge in [-0.1, -0.05) is 23.7 Å². The van der Waals surface area contributed by atoms with Gasteiger partial charge in [-0.2, -0.15) is 0 Å². The fourth-order valence-corrected chi connectivity index (χ4v) is 1.58. The van der Waals surface area contributed by atoms with Gasteiger partial charge in [-0.15, -0.1) is 0 Å². The summed E-state index contributed by atoms with van der Waals surface area (Å²) in [5.41, 5.74) is 0.776. The van der Waals surface area contributed by atoms with Crippen LogP contribution in [-0.4, -0.2) is 18.6 Å². The van der Waals surface area contributed by atoms with Crippen molar-refractivity contribution in [1.29, 1.82) is 0 Å². The monoisotopic (exact) mass is 211 g/mol. The van der Waals surface area contributed by atoms with Gasteiger partial charge >= 0.3 is 5.97 Å². The largest absolute Gasteiger partial charge is 0.464 e. The second kappa shape index (κ2) is 3.88. The molecule has 3 nitrogen and oxygen atoms in total. The van der Waals surface area contributed by atoms with Crippen LogP contribution < -0.4 is 5.32 Å². The number of carbonyl (C=O) groups is 1. The van der Waals surface area contributed by atoms with Crippen LogP contribution in [0, 0.1) is 0 Å². The summed E-state index contributed by atoms with van der Waals surface area (Å²) in [5, 5.41) is 3.67. The Morgan fingerprint density at radius 3 is 2.86 bits per heavy atom. The van der Waals surface area contributed by atoms with Crippen LogP contribution >= 0.6 is 11.6 Å². The highest BCUT2D eigenvalue weighted by molar-refractivity contribution is 6.33. The van der Waals surface area contributed by atoms with Gasteiger partial charge in [0.25, 0.3) is 0 Å². The van der Waals surface area contributed by atoms with Gasteiger partial charge in [0, 0.05) is 6.42 Å². The smallest absolute Gasteiger partial charge is 0.328 e. The van der Waals surface area contributed by atoms with Gasteiger partial charge in [0.2, 0.25) is 0 Å². The highest BCUT2D eigenvalue weighted by Gasteiger charge is 2.26. The van der Waals surface area contributed by atoms with Gasteiger partial charge in [-0.05, 0) is 12.1 Å². The number of carbonyl (C=O) groups excluding carboxylic acids is 1. The van der Waals surface area contributed by atoms with E-state index in [1.54, 1.807) is 6.07 Å². The van der Waals surface area contributed by atoms with E-state index < -0.39 is 0 Å². The molecular formula is C10H10ClNO2. The molecule has 0 amide bonds. The molecule has 1 atom stereocenters. The molecule has 1 N–H and O–H groups in total. The topological polar surface area (TPSA) is 38.3 Å². The van der Waals surface area contributed by atoms with E-state index in [1.807, 2.05) is 18.2 Å². The van der Waals surface area contributed by atoms with Crippen LogP contribution in [0.3, 0.4) is 0 Å². The number of cyclic esters (lactones) is 1. The number of benzene rings is 1. The fraction of sp³-hybridized carbons (Fsp3) is 0.300. The first-order chi connectivity index (χ1) is 6.77. The maximum atomic E-state index is 11.2. The first-order valence-corrected chi connectivity index (χ1v) is 4.83. The third-order valence-corrected chi connectivity index (χ3v) is 2.47. The molecule has 1 saturated heterocycles. The summed E-state index contributed by atoms with van der Waals surface area (Å²) >= 11 is 5.94. The lowest BCUT2D eigenvalue weighted by Crippen LogP contribution is -2.24. The van der Waals surface area contributed by atoms with Gasteiger partial charge in [0.05, 0.1) is 17.3 Å². The summed E-state index contributed by atoms with van der Waals surface area (Å²) in [5.74, 6) is -0.204. The van der Waals surface area contributed by atoms with Crippen LogP contribution in [0.2, 0.25) is 5.02 Å². The molecule has 1 aromatic carbocycles. The van der Waals surface area contributed by atoms with Crippen molar-refractivity contribution in [2.75, 3.05) is 11.9 Å². The number of hydrogen-bond donors (Lipinski definition) is 1. The number of esters is 1. The lowest BCUT2D eigenvalue weighted by atomic mass is 10.2. The van der Waals surface area contributed by atoms with Crippen LogP contribution in [0.5, 0.6) is 0 Å². The molecule has 1 aromatic rings. The van der Waals surface area contributed by atoms with Crippen LogP contribution in [0.4, 0.5) is 5.69 Å². The molecule has 1 fully saturated rings. The Morgan fingerprint density at radius 2 is 2.21 bits per heavy atom. The van der Waals surface area contributed by atoms with E-state index in [4.69, 9.17) is 16.3 Å². The Labute approximate surface area is 87.0 Å². The Bertz CT molecular complexity index is 354. The second-order valence-electron chi connectivity index (χ2n) is 3.13. The molecule has 4 heteroatoms. The molecule has 1 heterocycles. The number of hydrogen-bond acceptors (Lipinski definition) is 3. The Kier molecular flexibility index (Phi) is 2.59. The minimum atomic E-state index is -0.255. The normalized spacial score (nSPS) is 20.6. The molecule has 0 aliphatic carbocycles. The Morgan fingerprint density at radius 1 is 1.43 bits per heavy atom. The Balaban J connectivity index is 2.10. The second-order valence-corrected chi connectivity index (χ2v) is 3.54. The van der Waals surface area contributed by atoms with E-state index in [1.165, 1.54) is 0 Å². The number of para-hydroxylation sites is 1. The number of halogens is 1. The lowest BCUT2D eigenvalue weighted by Gasteiger charge is -2.11. The molecule has 1 aliphatic rings. The van der Waals surface area contributed by atoms with Crippen LogP contribution in [0.15, 0.2) is 24.3 Å². The number of rotatable bonds is 2. The molecule has 0 spiro atoms. The average Bonchev–Trinajstić information content (AvgIpc) is 2.56. The van der Waals surface area contributed by atoms with Gasteiger partial charge in [0.1, 0.15) is 6.04 Å². The quantitative estimate of drug-likeness (QED) is 0.762. The van der Waals surface area contributed by atoms with E-state index in [-0.39, 0.29) is 12.0 Å². The summed E-state index contributed by atoms with van der Waals surface area (Å²) in [7, 11) is 0. The molecular weight excluding hydrogens is 202 g/mol. The Hall–Kier alpha value is -1.22. The summed E-state index contributed by atoms with van der Waals surface area (Å²) in [6.07, 6.45) is 0.698. The predicted molar refractivity (Wildman–Crippen MR) is 54.4 cm³/mol. The van der Waals surface area contributed by atoms with E-state index in [9.17, 15) is 4.79 Å². The SMILES string of the molecule is O=C1OCCC1Nc1ccccc1Cl. The highest BCUT2D eigenvalue weighted by atomic mass is 35.5. The van der Waals surface area contributed by atoms with Crippen molar-refractivity contribution in [2.45, 2.75) is 12.5 Å². The molecule has 0 saturated carbocycles. The predicted octanol–water partition coefficient (Wildman–Crippen LogP) is 2.07. The van der Waals surface area contributed by atoms with Gasteiger partial charge in [0.15, 0.2) is 0 Å². The molecule has 2 rings (SSSR count). The zero-order valence-corrected chi connectivity index (χ0v) is 8.25. The maximum Gasteiger partial charge on any atom is 0.328 e. The van der Waals surface area contributed by atoms with Crippen molar-refractivity contribution >= 4 is 23.3 Å². The average molecular weight is 212 g/mol. The minimum absolute atomic E-state index is 0.204. The zero-order valence-electron chi connectivity index (χ0n) is 7.50. The van der Waals surface area contributed by atoms with Crippen molar-refractivity contribution in [1.82, 2.24) is 0 Å². The van der Waals surface area contributed by atoms with E-state index >= 15 is 0 Å². The van der Waals surface area contributed by atoms with Crippen molar-refractivity contribution in [3.63, 3.8) is 0 Å². The molecule has 14 heavy (non-hydrogen) atoms. The third-order valence-electron chi connectivity index (χ3n) is 2.14. The summed E-state index contributed by atoms with van der Waals surface area (Å²) in [6.45, 7) is 0.487. The molecule has 1 unspecified atom stereocenters. The van der Waals surface area contributed by atoms with Gasteiger partial charge < -0.3 is 10.1 Å². The van der Waals surface area contributed by atoms with E-state index in [0.29, 0.717) is 18.1 Å². The van der Waals surface area contributed by atoms with Crippen molar-refractivity contribution in [3.8, 4) is 0 Å². The number of nitrogens with one attached hydrogen (secondary N) is 1. The van der Waals surface area contributed by atoms with Crippen LogP contribution in [-0.2, 0) is 9.53 Å². The van der Waals surface area contributed by atoms with Crippen molar-refractivity contribution < 1.29 is 9.53 Å². The first kappa shape index (κ1) is 9.34. The molecule has 1 aliphatic heterocycles. The van der Waals surface area contributed by atoms with Crippen molar-refractivity contribution in [2.24, 2.45) is 0 Å². The first-order valence-electron chi connectivity index (χ1n) is 4.45. The third kappa shape index (κ3) is 1.82. The molecule has 0 radical (unpaired) electrons. The molecule has 74 valence electrons. The molecule has 0 aromatic heterocycles. The standard InChI is InChI=1S/C10H10ClNO2/c11-7-3-1-2-4-8(7)12-9-5-6-14-10(9)13/h1-4,9,12H,5-6H2. The highest BCUT2D eigenvalue weighted by Crippen LogP contribution is 2.23. The zero-order chi connectivity index (χ0) is 9.97. The molecule has 0 bridgehead atoms. The number of anilines is 1. The van der Waals surface area contributed by atoms with Crippen LogP contribution in [0.25, 0.3) is 0 Å². The fourth-order valence-electron chi connectivity index (χ4n) is 1.39. The van der Waals surface area contributed by atoms with E-state index in [0.717, 1.165) is 5.69 Å². The van der Waals surface area contributed by atoms with Gasteiger partial charge in [-0.25, -0.2) is 4.79 Å². The number of ether oxygens (including phenoxy) is 1.